The van der Waals surface area contributed by atoms with Crippen LogP contribution in [0, 0.1) is 70.0 Å². The Bertz CT molecular complexity index is 1240. The average molecular weight is 743 g/mol. The molecule has 4 unspecified atom stereocenters. The highest BCUT2D eigenvalue weighted by Gasteiger charge is 2.59. The number of hydrogen-bond acceptors (Lipinski definition) is 2. The molecule has 0 aromatic rings. The summed E-state index contributed by atoms with van der Waals surface area (Å²) in [6.07, 6.45) is 40.4. The lowest BCUT2D eigenvalue weighted by Crippen LogP contribution is -2.51. The number of carbonyl (C=O) groups is 1. The van der Waals surface area contributed by atoms with Crippen molar-refractivity contribution in [1.29, 1.82) is 0 Å². The maximum atomic E-state index is 12.9. The smallest absolute Gasteiger partial charge is 0.306 e. The van der Waals surface area contributed by atoms with E-state index in [4.69, 9.17) is 4.74 Å². The van der Waals surface area contributed by atoms with E-state index in [2.05, 4.69) is 71.3 Å². The average Bonchev–Trinajstić information content (AvgIpc) is 3.51. The normalized spacial score (nSPS) is 29.2. The Morgan fingerprint density at radius 2 is 1.33 bits per heavy atom. The Balaban J connectivity index is 1.03. The topological polar surface area (TPSA) is 26.3 Å². The van der Waals surface area contributed by atoms with Crippen molar-refractivity contribution in [3.8, 4) is 23.7 Å². The molecule has 0 aromatic carbocycles. The zero-order valence-electron chi connectivity index (χ0n) is 36.6. The molecule has 0 aromatic heterocycles. The van der Waals surface area contributed by atoms with Gasteiger partial charge in [-0.05, 0) is 122 Å². The first-order valence-corrected chi connectivity index (χ1v) is 24.0. The second-order valence-corrected chi connectivity index (χ2v) is 19.8. The predicted octanol–water partition coefficient (Wildman–Crippen LogP) is 15.4. The highest BCUT2D eigenvalue weighted by atomic mass is 16.5. The van der Waals surface area contributed by atoms with Gasteiger partial charge in [0.25, 0.3) is 0 Å². The minimum atomic E-state index is 0.0374. The second kappa shape index (κ2) is 24.2. The van der Waals surface area contributed by atoms with Gasteiger partial charge in [-0.1, -0.05) is 168 Å². The Labute approximate surface area is 336 Å². The molecular formula is C52H86O2. The number of hydrogen-bond donors (Lipinski definition) is 0. The number of carbonyl (C=O) groups excluding carboxylic acids is 1. The van der Waals surface area contributed by atoms with E-state index in [1.807, 2.05) is 0 Å². The van der Waals surface area contributed by atoms with Crippen LogP contribution in [0.4, 0.5) is 0 Å². The minimum absolute atomic E-state index is 0.0374. The number of esters is 1. The Kier molecular flexibility index (Phi) is 20.2. The molecule has 4 aliphatic carbocycles. The number of fused-ring (bicyclic) bond motifs is 5. The molecule has 0 amide bonds. The third kappa shape index (κ3) is 13.8. The molecule has 8 atom stereocenters. The van der Waals surface area contributed by atoms with Crippen LogP contribution in [0.15, 0.2) is 11.6 Å². The Morgan fingerprint density at radius 1 is 0.722 bits per heavy atom. The van der Waals surface area contributed by atoms with Gasteiger partial charge in [0.2, 0.25) is 0 Å². The SMILES string of the molecule is CCCCCCCCCCCCC#CC#CCCCCCCCCC(=O)OC1CC[C@@]2(C)C(=CCC3C2CC[C@@]2(C)C3CC[C@@H]2[C@H](C)CCCC(C)C)C1. The lowest BCUT2D eigenvalue weighted by atomic mass is 9.47. The fourth-order valence-corrected chi connectivity index (χ4v) is 12.1. The molecule has 0 heterocycles. The molecule has 2 nitrogen and oxygen atoms in total. The summed E-state index contributed by atoms with van der Waals surface area (Å²) < 4.78 is 6.13. The Morgan fingerprint density at radius 3 is 1.96 bits per heavy atom. The van der Waals surface area contributed by atoms with Crippen molar-refractivity contribution >= 4 is 5.97 Å². The van der Waals surface area contributed by atoms with Crippen LogP contribution in [0.1, 0.15) is 234 Å². The number of allylic oxidation sites excluding steroid dienone is 1. The van der Waals surface area contributed by atoms with Crippen LogP contribution in [-0.4, -0.2) is 12.1 Å². The van der Waals surface area contributed by atoms with Crippen molar-refractivity contribution in [1.82, 2.24) is 0 Å². The maximum Gasteiger partial charge on any atom is 0.306 e. The van der Waals surface area contributed by atoms with E-state index in [-0.39, 0.29) is 12.1 Å². The quantitative estimate of drug-likeness (QED) is 0.0426. The summed E-state index contributed by atoms with van der Waals surface area (Å²) in [5, 5.41) is 0. The van der Waals surface area contributed by atoms with Gasteiger partial charge in [0.15, 0.2) is 0 Å². The molecule has 2 heteroatoms. The largest absolute Gasteiger partial charge is 0.462 e. The van der Waals surface area contributed by atoms with E-state index in [1.54, 1.807) is 5.57 Å². The van der Waals surface area contributed by atoms with Gasteiger partial charge in [0.1, 0.15) is 6.10 Å². The summed E-state index contributed by atoms with van der Waals surface area (Å²) in [5.74, 6) is 17.9. The molecule has 3 saturated carbocycles. The maximum absolute atomic E-state index is 12.9. The highest BCUT2D eigenvalue weighted by molar-refractivity contribution is 5.69. The molecule has 0 aliphatic heterocycles. The van der Waals surface area contributed by atoms with E-state index in [9.17, 15) is 4.79 Å². The zero-order chi connectivity index (χ0) is 38.7. The third-order valence-corrected chi connectivity index (χ3v) is 15.4. The molecule has 0 bridgehead atoms. The molecular weight excluding hydrogens is 657 g/mol. The van der Waals surface area contributed by atoms with Crippen LogP contribution < -0.4 is 0 Å². The van der Waals surface area contributed by atoms with Crippen LogP contribution in [0.5, 0.6) is 0 Å². The molecule has 3 fully saturated rings. The van der Waals surface area contributed by atoms with Gasteiger partial charge >= 0.3 is 5.97 Å². The van der Waals surface area contributed by atoms with Gasteiger partial charge in [-0.25, -0.2) is 0 Å². The number of rotatable bonds is 24. The highest BCUT2D eigenvalue weighted by Crippen LogP contribution is 2.67. The van der Waals surface area contributed by atoms with E-state index >= 15 is 0 Å². The van der Waals surface area contributed by atoms with Crippen LogP contribution in [0.2, 0.25) is 0 Å². The molecule has 306 valence electrons. The summed E-state index contributed by atoms with van der Waals surface area (Å²) in [4.78, 5) is 12.9. The Hall–Kier alpha value is -1.67. The first kappa shape index (κ1) is 45.0. The van der Waals surface area contributed by atoms with Crippen molar-refractivity contribution in [2.75, 3.05) is 0 Å². The van der Waals surface area contributed by atoms with Gasteiger partial charge in [-0.2, -0.15) is 0 Å². The number of unbranched alkanes of at least 4 members (excludes halogenated alkanes) is 16. The van der Waals surface area contributed by atoms with Gasteiger partial charge in [0.05, 0.1) is 0 Å². The van der Waals surface area contributed by atoms with Gasteiger partial charge in [-0.15, -0.1) is 0 Å². The molecule has 4 rings (SSSR count). The monoisotopic (exact) mass is 743 g/mol. The lowest BCUT2D eigenvalue weighted by molar-refractivity contribution is -0.151. The molecule has 0 spiro atoms. The first-order chi connectivity index (χ1) is 26.2. The molecule has 4 aliphatic rings. The fraction of sp³-hybridized carbons (Fsp3) is 0.865. The van der Waals surface area contributed by atoms with Crippen LogP contribution in [0.3, 0.4) is 0 Å². The van der Waals surface area contributed by atoms with Crippen molar-refractivity contribution in [3.05, 3.63) is 11.6 Å². The van der Waals surface area contributed by atoms with Crippen LogP contribution in [-0.2, 0) is 9.53 Å². The van der Waals surface area contributed by atoms with Gasteiger partial charge in [0, 0.05) is 25.7 Å². The predicted molar refractivity (Wildman–Crippen MR) is 232 cm³/mol. The van der Waals surface area contributed by atoms with Crippen LogP contribution >= 0.6 is 0 Å². The van der Waals surface area contributed by atoms with Crippen LogP contribution in [0.25, 0.3) is 0 Å². The van der Waals surface area contributed by atoms with Gasteiger partial charge in [-0.3, -0.25) is 4.79 Å². The zero-order valence-corrected chi connectivity index (χ0v) is 36.6. The molecule has 0 saturated heterocycles. The van der Waals surface area contributed by atoms with Crippen molar-refractivity contribution in [2.45, 2.75) is 240 Å². The van der Waals surface area contributed by atoms with Crippen molar-refractivity contribution in [2.24, 2.45) is 46.3 Å². The third-order valence-electron chi connectivity index (χ3n) is 15.4. The summed E-state index contributed by atoms with van der Waals surface area (Å²) in [6, 6.07) is 0. The molecule has 0 N–H and O–H groups in total. The van der Waals surface area contributed by atoms with E-state index in [1.165, 1.54) is 141 Å². The summed E-state index contributed by atoms with van der Waals surface area (Å²) >= 11 is 0. The summed E-state index contributed by atoms with van der Waals surface area (Å²) in [7, 11) is 0. The first-order valence-electron chi connectivity index (χ1n) is 24.0. The minimum Gasteiger partial charge on any atom is -0.462 e. The summed E-state index contributed by atoms with van der Waals surface area (Å²) in [5.41, 5.74) is 2.50. The lowest BCUT2D eigenvalue weighted by Gasteiger charge is -2.58. The van der Waals surface area contributed by atoms with Crippen molar-refractivity contribution in [3.63, 3.8) is 0 Å². The van der Waals surface area contributed by atoms with E-state index in [0.717, 1.165) is 80.5 Å². The fourth-order valence-electron chi connectivity index (χ4n) is 12.1. The van der Waals surface area contributed by atoms with E-state index in [0.29, 0.717) is 17.3 Å². The van der Waals surface area contributed by atoms with E-state index < -0.39 is 0 Å². The number of ether oxygens (including phenoxy) is 1. The second-order valence-electron chi connectivity index (χ2n) is 19.8. The van der Waals surface area contributed by atoms with Gasteiger partial charge < -0.3 is 4.74 Å². The summed E-state index contributed by atoms with van der Waals surface area (Å²) in [6.45, 7) is 14.9. The molecule has 0 radical (unpaired) electrons. The van der Waals surface area contributed by atoms with Crippen molar-refractivity contribution < 1.29 is 9.53 Å². The standard InChI is InChI=1S/C52H86O2/c1-7-8-9-10-11-12-13-14-15-16-17-18-19-20-21-22-23-24-25-26-27-28-32-50(53)54-45-37-39-51(5)44(41-45)33-34-46-48-36-35-47(43(4)31-29-30-42(2)3)52(48,6)40-38-49(46)51/h33,42-43,45-49H,7-17,22-32,34-41H2,1-6H3/t43-,45?,46?,47-,48?,49?,51+,52-/m1/s1. The molecule has 54 heavy (non-hydrogen) atoms.